The highest BCUT2D eigenvalue weighted by atomic mass is 32.1. The van der Waals surface area contributed by atoms with Crippen molar-refractivity contribution in [1.29, 1.82) is 0 Å². The molecule has 3 heterocycles. The van der Waals surface area contributed by atoms with E-state index in [0.29, 0.717) is 16.2 Å². The summed E-state index contributed by atoms with van der Waals surface area (Å²) < 4.78 is 13.3. The summed E-state index contributed by atoms with van der Waals surface area (Å²) in [6, 6.07) is 6.05. The van der Waals surface area contributed by atoms with Crippen LogP contribution in [0.3, 0.4) is 0 Å². The molecular weight excluding hydrogens is 351 g/mol. The number of benzene rings is 1. The number of H-pyrrole nitrogens is 1. The van der Waals surface area contributed by atoms with Crippen molar-refractivity contribution in [1.82, 2.24) is 14.9 Å². The standard InChI is InChI=1S/C19H21FN4OS/c1-12-3-2-6-24(9-12)10-15-11-26-19(21-15)23-18(25)17-8-13-7-14(20)4-5-16(13)22-17/h4-5,7-8,11-12,22H,2-3,6,9-10H2,1H3,(H,21,23,25)/t12-/m1/s1. The van der Waals surface area contributed by atoms with Crippen molar-refractivity contribution in [3.63, 3.8) is 0 Å². The molecular formula is C19H21FN4OS. The molecule has 1 fully saturated rings. The maximum Gasteiger partial charge on any atom is 0.273 e. The van der Waals surface area contributed by atoms with Gasteiger partial charge in [0.25, 0.3) is 5.91 Å². The van der Waals surface area contributed by atoms with Gasteiger partial charge >= 0.3 is 0 Å². The third-order valence-corrected chi connectivity index (χ3v) is 5.53. The number of piperidine rings is 1. The van der Waals surface area contributed by atoms with Crippen LogP contribution in [0.15, 0.2) is 29.6 Å². The molecule has 2 aromatic heterocycles. The Kier molecular flexibility index (Phi) is 4.74. The first-order chi connectivity index (χ1) is 12.6. The molecule has 0 radical (unpaired) electrons. The average Bonchev–Trinajstić information content (AvgIpc) is 3.21. The molecule has 1 aliphatic rings. The Morgan fingerprint density at radius 3 is 3.19 bits per heavy atom. The molecule has 1 saturated heterocycles. The van der Waals surface area contributed by atoms with E-state index < -0.39 is 0 Å². The van der Waals surface area contributed by atoms with Gasteiger partial charge in [0.2, 0.25) is 0 Å². The first-order valence-electron chi connectivity index (χ1n) is 8.83. The molecule has 0 bridgehead atoms. The molecule has 5 nitrogen and oxygen atoms in total. The van der Waals surface area contributed by atoms with E-state index in [1.165, 1.54) is 36.3 Å². The van der Waals surface area contributed by atoms with Crippen LogP contribution >= 0.6 is 11.3 Å². The van der Waals surface area contributed by atoms with E-state index in [1.807, 2.05) is 5.38 Å². The van der Waals surface area contributed by atoms with Crippen molar-refractivity contribution >= 4 is 33.3 Å². The average molecular weight is 372 g/mol. The zero-order chi connectivity index (χ0) is 18.1. The second-order valence-electron chi connectivity index (χ2n) is 7.00. The number of hydrogen-bond acceptors (Lipinski definition) is 4. The summed E-state index contributed by atoms with van der Waals surface area (Å²) in [4.78, 5) is 22.4. The fourth-order valence-corrected chi connectivity index (χ4v) is 4.18. The maximum atomic E-state index is 13.3. The predicted octanol–water partition coefficient (Wildman–Crippen LogP) is 4.25. The minimum atomic E-state index is -0.319. The van der Waals surface area contributed by atoms with Crippen LogP contribution in [-0.2, 0) is 6.54 Å². The van der Waals surface area contributed by atoms with Crippen LogP contribution < -0.4 is 5.32 Å². The summed E-state index contributed by atoms with van der Waals surface area (Å²) in [6.07, 6.45) is 2.53. The van der Waals surface area contributed by atoms with Crippen molar-refractivity contribution in [2.24, 2.45) is 5.92 Å². The highest BCUT2D eigenvalue weighted by Crippen LogP contribution is 2.22. The molecule has 0 spiro atoms. The molecule has 2 N–H and O–H groups in total. The third-order valence-electron chi connectivity index (χ3n) is 4.73. The highest BCUT2D eigenvalue weighted by molar-refractivity contribution is 7.13. The zero-order valence-electron chi connectivity index (χ0n) is 14.6. The Bertz CT molecular complexity index is 935. The molecule has 0 saturated carbocycles. The van der Waals surface area contributed by atoms with Crippen LogP contribution in [0.25, 0.3) is 10.9 Å². The number of carbonyl (C=O) groups excluding carboxylic acids is 1. The van der Waals surface area contributed by atoms with Gasteiger partial charge in [0.05, 0.1) is 5.69 Å². The third kappa shape index (κ3) is 3.78. The maximum absolute atomic E-state index is 13.3. The quantitative estimate of drug-likeness (QED) is 0.720. The lowest BCUT2D eigenvalue weighted by molar-refractivity contribution is 0.102. The van der Waals surface area contributed by atoms with Gasteiger partial charge in [-0.1, -0.05) is 6.92 Å². The first kappa shape index (κ1) is 17.2. The van der Waals surface area contributed by atoms with Gasteiger partial charge in [0, 0.05) is 29.4 Å². The molecule has 1 aromatic carbocycles. The highest BCUT2D eigenvalue weighted by Gasteiger charge is 2.18. The fourth-order valence-electron chi connectivity index (χ4n) is 3.49. The summed E-state index contributed by atoms with van der Waals surface area (Å²) in [5.74, 6) is 0.141. The lowest BCUT2D eigenvalue weighted by Crippen LogP contribution is -2.33. The number of aromatic amines is 1. The second kappa shape index (κ2) is 7.17. The van der Waals surface area contributed by atoms with Crippen molar-refractivity contribution in [3.05, 3.63) is 46.9 Å². The Labute approximate surface area is 155 Å². The van der Waals surface area contributed by atoms with Gasteiger partial charge in [-0.3, -0.25) is 15.0 Å². The van der Waals surface area contributed by atoms with E-state index >= 15 is 0 Å². The topological polar surface area (TPSA) is 61.0 Å². The number of anilines is 1. The summed E-state index contributed by atoms with van der Waals surface area (Å²) >= 11 is 1.43. The Morgan fingerprint density at radius 1 is 1.46 bits per heavy atom. The molecule has 4 rings (SSSR count). The lowest BCUT2D eigenvalue weighted by Gasteiger charge is -2.30. The number of likely N-dealkylation sites (tertiary alicyclic amines) is 1. The summed E-state index contributed by atoms with van der Waals surface area (Å²) in [5.41, 5.74) is 2.11. The van der Waals surface area contributed by atoms with Gasteiger partial charge in [-0.05, 0) is 49.6 Å². The van der Waals surface area contributed by atoms with E-state index in [1.54, 1.807) is 12.1 Å². The number of fused-ring (bicyclic) bond motifs is 1. The van der Waals surface area contributed by atoms with E-state index in [9.17, 15) is 9.18 Å². The SMILES string of the molecule is C[C@@H]1CCCN(Cc2csc(NC(=O)c3cc4cc(F)ccc4[nH]3)n2)C1. The summed E-state index contributed by atoms with van der Waals surface area (Å²) in [5, 5.41) is 6.08. The number of aromatic nitrogens is 2. The Hall–Kier alpha value is -2.25. The zero-order valence-corrected chi connectivity index (χ0v) is 15.4. The van der Waals surface area contributed by atoms with Crippen LogP contribution in [0.1, 0.15) is 35.9 Å². The molecule has 1 amide bonds. The smallest absolute Gasteiger partial charge is 0.273 e. The monoisotopic (exact) mass is 372 g/mol. The molecule has 1 aliphatic heterocycles. The van der Waals surface area contributed by atoms with Gasteiger partial charge in [0.15, 0.2) is 5.13 Å². The number of nitrogens with one attached hydrogen (secondary N) is 2. The number of carbonyl (C=O) groups is 1. The van der Waals surface area contributed by atoms with Crippen molar-refractivity contribution in [3.8, 4) is 0 Å². The lowest BCUT2D eigenvalue weighted by atomic mass is 10.0. The largest absolute Gasteiger partial charge is 0.351 e. The van der Waals surface area contributed by atoms with Crippen LogP contribution in [0, 0.1) is 11.7 Å². The normalized spacial score (nSPS) is 18.3. The van der Waals surface area contributed by atoms with Gasteiger partial charge in [-0.15, -0.1) is 11.3 Å². The second-order valence-corrected chi connectivity index (χ2v) is 7.85. The molecule has 0 unspecified atom stereocenters. The van der Waals surface area contributed by atoms with Crippen LogP contribution in [-0.4, -0.2) is 33.9 Å². The van der Waals surface area contributed by atoms with Crippen molar-refractivity contribution in [2.75, 3.05) is 18.4 Å². The minimum Gasteiger partial charge on any atom is -0.351 e. The molecule has 7 heteroatoms. The molecule has 3 aromatic rings. The molecule has 136 valence electrons. The molecule has 1 atom stereocenters. The molecule has 0 aliphatic carbocycles. The van der Waals surface area contributed by atoms with Crippen molar-refractivity contribution in [2.45, 2.75) is 26.3 Å². The Balaban J connectivity index is 1.42. The van der Waals surface area contributed by atoms with E-state index in [-0.39, 0.29) is 11.7 Å². The van der Waals surface area contributed by atoms with Crippen LogP contribution in [0.2, 0.25) is 0 Å². The van der Waals surface area contributed by atoms with E-state index in [2.05, 4.69) is 27.1 Å². The predicted molar refractivity (Wildman–Crippen MR) is 102 cm³/mol. The van der Waals surface area contributed by atoms with Gasteiger partial charge in [0.1, 0.15) is 11.5 Å². The van der Waals surface area contributed by atoms with E-state index in [0.717, 1.165) is 36.8 Å². The summed E-state index contributed by atoms with van der Waals surface area (Å²) in [6.45, 7) is 5.31. The first-order valence-corrected chi connectivity index (χ1v) is 9.71. The Morgan fingerprint density at radius 2 is 2.35 bits per heavy atom. The van der Waals surface area contributed by atoms with Crippen LogP contribution in [0.4, 0.5) is 9.52 Å². The number of thiazole rings is 1. The number of halogens is 1. The van der Waals surface area contributed by atoms with Crippen molar-refractivity contribution < 1.29 is 9.18 Å². The van der Waals surface area contributed by atoms with Gasteiger partial charge < -0.3 is 4.98 Å². The number of nitrogens with zero attached hydrogens (tertiary/aromatic N) is 2. The number of amides is 1. The van der Waals surface area contributed by atoms with Gasteiger partial charge in [-0.2, -0.15) is 0 Å². The van der Waals surface area contributed by atoms with Crippen LogP contribution in [0.5, 0.6) is 0 Å². The van der Waals surface area contributed by atoms with E-state index in [4.69, 9.17) is 0 Å². The number of hydrogen-bond donors (Lipinski definition) is 2. The number of rotatable bonds is 4. The fraction of sp³-hybridized carbons (Fsp3) is 0.368. The van der Waals surface area contributed by atoms with Gasteiger partial charge in [-0.25, -0.2) is 9.37 Å². The summed E-state index contributed by atoms with van der Waals surface area (Å²) in [7, 11) is 0. The molecule has 26 heavy (non-hydrogen) atoms. The minimum absolute atomic E-state index is 0.269.